The molecule has 6 heteroatoms. The first-order valence-electron chi connectivity index (χ1n) is 14.0. The molecule has 0 amide bonds. The topological polar surface area (TPSA) is 82.6 Å². The van der Waals surface area contributed by atoms with Gasteiger partial charge in [0.15, 0.2) is 6.10 Å². The van der Waals surface area contributed by atoms with Crippen molar-refractivity contribution in [3.8, 4) is 17.0 Å². The van der Waals surface area contributed by atoms with Crippen LogP contribution in [0.4, 0.5) is 0 Å². The van der Waals surface area contributed by atoms with Gasteiger partial charge in [0.05, 0.1) is 11.3 Å². The van der Waals surface area contributed by atoms with E-state index in [1.807, 2.05) is 24.4 Å². The van der Waals surface area contributed by atoms with E-state index in [4.69, 9.17) is 9.47 Å². The summed E-state index contributed by atoms with van der Waals surface area (Å²) in [5, 5.41) is 0. The quantitative estimate of drug-likeness (QED) is 0.0865. The van der Waals surface area contributed by atoms with Crippen molar-refractivity contribution in [3.05, 3.63) is 83.6 Å². The number of hydrogen-bond acceptors (Lipinski definition) is 6. The van der Waals surface area contributed by atoms with Crippen molar-refractivity contribution >= 4 is 17.7 Å². The van der Waals surface area contributed by atoms with Gasteiger partial charge in [-0.25, -0.2) is 4.79 Å². The smallest absolute Gasteiger partial charge is 0.343 e. The maximum Gasteiger partial charge on any atom is 0.343 e. The summed E-state index contributed by atoms with van der Waals surface area (Å²) in [5.74, 6) is -0.844. The Morgan fingerprint density at radius 3 is 2.08 bits per heavy atom. The monoisotopic (exact) mass is 529 g/mol. The highest BCUT2D eigenvalue weighted by Crippen LogP contribution is 2.21. The number of unbranched alkanes of at least 4 members (excludes halogenated alkanes) is 5. The van der Waals surface area contributed by atoms with Gasteiger partial charge in [0.25, 0.3) is 0 Å². The summed E-state index contributed by atoms with van der Waals surface area (Å²) in [5.41, 5.74) is 3.81. The Bertz CT molecular complexity index is 1200. The SMILES string of the molecule is CCCCCCc1ccc(-c2ccc(C(=O)Oc3ccc(C(=O)C(C)OC(=O)CCCCC)cc3)cc2)nc1. The fourth-order valence-electron chi connectivity index (χ4n) is 4.19. The zero-order valence-electron chi connectivity index (χ0n) is 23.3. The molecular formula is C33H39NO5. The normalized spacial score (nSPS) is 11.6. The van der Waals surface area contributed by atoms with E-state index in [-0.39, 0.29) is 11.8 Å². The second kappa shape index (κ2) is 15.6. The van der Waals surface area contributed by atoms with Crippen molar-refractivity contribution in [2.75, 3.05) is 0 Å². The molecule has 0 saturated carbocycles. The van der Waals surface area contributed by atoms with Crippen molar-refractivity contribution < 1.29 is 23.9 Å². The van der Waals surface area contributed by atoms with Crippen LogP contribution in [0.25, 0.3) is 11.3 Å². The van der Waals surface area contributed by atoms with Crippen LogP contribution >= 0.6 is 0 Å². The maximum absolute atomic E-state index is 12.6. The Hall–Kier alpha value is -3.80. The molecule has 0 aliphatic carbocycles. The molecule has 39 heavy (non-hydrogen) atoms. The number of aromatic nitrogens is 1. The second-order valence-corrected chi connectivity index (χ2v) is 9.81. The van der Waals surface area contributed by atoms with Crippen LogP contribution in [0.15, 0.2) is 66.9 Å². The van der Waals surface area contributed by atoms with Gasteiger partial charge in [-0.15, -0.1) is 0 Å². The molecule has 1 atom stereocenters. The highest BCUT2D eigenvalue weighted by Gasteiger charge is 2.19. The average Bonchev–Trinajstić information content (AvgIpc) is 2.96. The molecule has 0 spiro atoms. The number of esters is 2. The fourth-order valence-corrected chi connectivity index (χ4v) is 4.19. The highest BCUT2D eigenvalue weighted by atomic mass is 16.5. The summed E-state index contributed by atoms with van der Waals surface area (Å²) in [6.07, 6.45) is 10.0. The van der Waals surface area contributed by atoms with Crippen LogP contribution in [0.5, 0.6) is 5.75 Å². The van der Waals surface area contributed by atoms with Crippen LogP contribution in [0.3, 0.4) is 0 Å². The van der Waals surface area contributed by atoms with Gasteiger partial charge < -0.3 is 9.47 Å². The second-order valence-electron chi connectivity index (χ2n) is 9.81. The van der Waals surface area contributed by atoms with E-state index >= 15 is 0 Å². The van der Waals surface area contributed by atoms with E-state index in [0.29, 0.717) is 23.3 Å². The van der Waals surface area contributed by atoms with Crippen molar-refractivity contribution in [1.82, 2.24) is 4.98 Å². The summed E-state index contributed by atoms with van der Waals surface area (Å²) >= 11 is 0. The minimum atomic E-state index is -0.873. The van der Waals surface area contributed by atoms with Gasteiger partial charge in [-0.3, -0.25) is 14.6 Å². The van der Waals surface area contributed by atoms with Gasteiger partial charge in [-0.1, -0.05) is 64.2 Å². The predicted molar refractivity (Wildman–Crippen MR) is 153 cm³/mol. The third-order valence-electron chi connectivity index (χ3n) is 6.57. The number of nitrogens with zero attached hydrogens (tertiary/aromatic N) is 1. The molecule has 0 aliphatic heterocycles. The molecule has 2 aromatic carbocycles. The van der Waals surface area contributed by atoms with Gasteiger partial charge in [-0.2, -0.15) is 0 Å². The van der Waals surface area contributed by atoms with Gasteiger partial charge in [-0.05, 0) is 74.2 Å². The molecule has 0 fully saturated rings. The fraction of sp³-hybridized carbons (Fsp3) is 0.394. The average molecular weight is 530 g/mol. The van der Waals surface area contributed by atoms with E-state index in [9.17, 15) is 14.4 Å². The van der Waals surface area contributed by atoms with Crippen molar-refractivity contribution in [1.29, 1.82) is 0 Å². The Kier molecular flexibility index (Phi) is 11.9. The number of Topliss-reactive ketones (excluding diaryl/α,β-unsaturated/α-hetero) is 1. The van der Waals surface area contributed by atoms with E-state index in [1.54, 1.807) is 43.3 Å². The summed E-state index contributed by atoms with van der Waals surface area (Å²) in [6.45, 7) is 5.83. The molecule has 206 valence electrons. The minimum absolute atomic E-state index is 0.301. The Morgan fingerprint density at radius 2 is 1.44 bits per heavy atom. The van der Waals surface area contributed by atoms with Crippen LogP contribution in [0.1, 0.15) is 98.4 Å². The number of ketones is 1. The number of aryl methyl sites for hydroxylation is 1. The zero-order valence-corrected chi connectivity index (χ0v) is 23.3. The minimum Gasteiger partial charge on any atom is -0.454 e. The largest absolute Gasteiger partial charge is 0.454 e. The van der Waals surface area contributed by atoms with Crippen LogP contribution in [0, 0.1) is 0 Å². The van der Waals surface area contributed by atoms with E-state index in [2.05, 4.69) is 24.9 Å². The van der Waals surface area contributed by atoms with Crippen molar-refractivity contribution in [3.63, 3.8) is 0 Å². The zero-order chi connectivity index (χ0) is 28.0. The predicted octanol–water partition coefficient (Wildman–Crippen LogP) is 7.79. The van der Waals surface area contributed by atoms with Gasteiger partial charge >= 0.3 is 11.9 Å². The Morgan fingerprint density at radius 1 is 0.769 bits per heavy atom. The maximum atomic E-state index is 12.6. The van der Waals surface area contributed by atoms with Crippen LogP contribution in [-0.2, 0) is 16.0 Å². The number of carbonyl (C=O) groups is 3. The lowest BCUT2D eigenvalue weighted by atomic mass is 10.1. The van der Waals surface area contributed by atoms with Crippen LogP contribution < -0.4 is 4.74 Å². The molecule has 0 N–H and O–H groups in total. The summed E-state index contributed by atoms with van der Waals surface area (Å²) in [6, 6.07) is 17.5. The molecule has 0 saturated heterocycles. The first-order chi connectivity index (χ1) is 18.9. The number of rotatable bonds is 15. The first kappa shape index (κ1) is 29.8. The number of benzene rings is 2. The molecule has 0 bridgehead atoms. The van der Waals surface area contributed by atoms with Crippen LogP contribution in [0.2, 0.25) is 0 Å². The standard InChI is InChI=1S/C33H39NO5/c1-4-6-8-10-11-25-13-22-30(34-23-25)26-14-16-28(17-15-26)33(37)39-29-20-18-27(19-21-29)32(36)24(3)38-31(35)12-9-7-5-2/h13-24H,4-12H2,1-3H3. The molecule has 1 aromatic heterocycles. The lowest BCUT2D eigenvalue weighted by Gasteiger charge is -2.12. The van der Waals surface area contributed by atoms with E-state index < -0.39 is 12.1 Å². The summed E-state index contributed by atoms with van der Waals surface area (Å²) in [4.78, 5) is 41.8. The number of hydrogen-bond donors (Lipinski definition) is 0. The number of pyridine rings is 1. The van der Waals surface area contributed by atoms with Gasteiger partial charge in [0.2, 0.25) is 5.78 Å². The third-order valence-corrected chi connectivity index (χ3v) is 6.57. The molecule has 3 aromatic rings. The Labute approximate surface area is 231 Å². The Balaban J connectivity index is 1.52. The van der Waals surface area contributed by atoms with E-state index in [0.717, 1.165) is 36.9 Å². The third kappa shape index (κ3) is 9.47. The summed E-state index contributed by atoms with van der Waals surface area (Å²) in [7, 11) is 0. The van der Waals surface area contributed by atoms with Gasteiger partial charge in [0, 0.05) is 23.7 Å². The molecule has 3 rings (SSSR count). The molecule has 1 heterocycles. The number of carbonyl (C=O) groups excluding carboxylic acids is 3. The molecule has 6 nitrogen and oxygen atoms in total. The number of ether oxygens (including phenoxy) is 2. The molecule has 0 radical (unpaired) electrons. The lowest BCUT2D eigenvalue weighted by molar-refractivity contribution is -0.146. The molecule has 1 unspecified atom stereocenters. The highest BCUT2D eigenvalue weighted by molar-refractivity contribution is 6.00. The van der Waals surface area contributed by atoms with Gasteiger partial charge in [0.1, 0.15) is 5.75 Å². The first-order valence-corrected chi connectivity index (χ1v) is 14.0. The van der Waals surface area contributed by atoms with Crippen molar-refractivity contribution in [2.45, 2.75) is 84.7 Å². The van der Waals surface area contributed by atoms with E-state index in [1.165, 1.54) is 31.2 Å². The molecule has 0 aliphatic rings. The molecular weight excluding hydrogens is 490 g/mol. The lowest BCUT2D eigenvalue weighted by Crippen LogP contribution is -2.24. The summed E-state index contributed by atoms with van der Waals surface area (Å²) < 4.78 is 10.7. The van der Waals surface area contributed by atoms with Crippen LogP contribution in [-0.4, -0.2) is 28.8 Å². The van der Waals surface area contributed by atoms with Crippen molar-refractivity contribution in [2.24, 2.45) is 0 Å².